The van der Waals surface area contributed by atoms with Gasteiger partial charge >= 0.3 is 0 Å². The van der Waals surface area contributed by atoms with Crippen molar-refractivity contribution in [2.24, 2.45) is 0 Å². The SMILES string of the molecule is c1ccc(N2c3ccccc3B3c4ccccc4N(c4ccc(-c5cccc6c5oc5ccccc56)cc4)c4cc(C5CCCCC5)cc2c43)cc1. The van der Waals surface area contributed by atoms with Gasteiger partial charge in [-0.1, -0.05) is 122 Å². The van der Waals surface area contributed by atoms with E-state index in [2.05, 4.69) is 161 Å². The summed E-state index contributed by atoms with van der Waals surface area (Å²) in [5.74, 6) is 0.564. The van der Waals surface area contributed by atoms with Gasteiger partial charge in [0.05, 0.1) is 0 Å². The molecule has 8 aromatic rings. The number of anilines is 6. The standard InChI is InChI=1S/C48H37BN2O/c1-3-14-32(15-4-1)34-30-44-47-45(31-34)51(36-28-26-33(27-29-36)37-19-13-20-39-38-18-7-12-25-46(38)52-48(37)39)43-24-11-9-22-41(43)49(47)40-21-8-10-23-42(40)50(44)35-16-5-2-6-17-35/h2,5-13,16-32H,1,3-4,14-15H2. The Morgan fingerprint density at radius 3 is 1.81 bits per heavy atom. The number of furan rings is 1. The topological polar surface area (TPSA) is 19.6 Å². The molecule has 1 fully saturated rings. The van der Waals surface area contributed by atoms with Crippen LogP contribution in [0.4, 0.5) is 34.1 Å². The van der Waals surface area contributed by atoms with Gasteiger partial charge in [0, 0.05) is 50.5 Å². The average Bonchev–Trinajstić information content (AvgIpc) is 3.60. The smallest absolute Gasteiger partial charge is 0.252 e. The van der Waals surface area contributed by atoms with Crippen molar-refractivity contribution in [3.8, 4) is 11.1 Å². The van der Waals surface area contributed by atoms with Crippen LogP contribution in [0.15, 0.2) is 162 Å². The molecule has 3 heterocycles. The van der Waals surface area contributed by atoms with Gasteiger partial charge in [-0.05, 0) is 101 Å². The van der Waals surface area contributed by atoms with Crippen molar-refractivity contribution in [2.45, 2.75) is 38.0 Å². The predicted molar refractivity (Wildman–Crippen MR) is 219 cm³/mol. The van der Waals surface area contributed by atoms with Gasteiger partial charge in [0.25, 0.3) is 6.71 Å². The lowest BCUT2D eigenvalue weighted by atomic mass is 9.33. The lowest BCUT2D eigenvalue weighted by Gasteiger charge is -2.44. The van der Waals surface area contributed by atoms with Crippen LogP contribution in [-0.4, -0.2) is 6.71 Å². The fourth-order valence-corrected chi connectivity index (χ4v) is 9.49. The van der Waals surface area contributed by atoms with E-state index < -0.39 is 0 Å². The maximum atomic E-state index is 6.45. The molecule has 11 rings (SSSR count). The lowest BCUT2D eigenvalue weighted by Crippen LogP contribution is -2.61. The van der Waals surface area contributed by atoms with Gasteiger partial charge in [0.2, 0.25) is 0 Å². The van der Waals surface area contributed by atoms with E-state index >= 15 is 0 Å². The monoisotopic (exact) mass is 668 g/mol. The Bertz CT molecular complexity index is 2640. The number of rotatable bonds is 4. The minimum Gasteiger partial charge on any atom is -0.455 e. The minimum atomic E-state index is 0.138. The first kappa shape index (κ1) is 29.7. The highest BCUT2D eigenvalue weighted by molar-refractivity contribution is 7.00. The molecule has 4 heteroatoms. The van der Waals surface area contributed by atoms with Crippen LogP contribution < -0.4 is 26.2 Å². The highest BCUT2D eigenvalue weighted by Crippen LogP contribution is 2.47. The van der Waals surface area contributed by atoms with Gasteiger partial charge in [-0.25, -0.2) is 0 Å². The summed E-state index contributed by atoms with van der Waals surface area (Å²) in [5.41, 5.74) is 17.2. The Balaban J connectivity index is 1.13. The second-order valence-corrected chi connectivity index (χ2v) is 14.7. The molecule has 7 aromatic carbocycles. The second kappa shape index (κ2) is 11.8. The molecule has 0 unspecified atom stereocenters. The van der Waals surface area contributed by atoms with E-state index in [4.69, 9.17) is 4.42 Å². The van der Waals surface area contributed by atoms with Gasteiger partial charge in [-0.2, -0.15) is 0 Å². The van der Waals surface area contributed by atoms with Crippen molar-refractivity contribution in [1.29, 1.82) is 0 Å². The molecule has 52 heavy (non-hydrogen) atoms. The highest BCUT2D eigenvalue weighted by atomic mass is 16.3. The van der Waals surface area contributed by atoms with Crippen molar-refractivity contribution >= 4 is 79.2 Å². The summed E-state index contributed by atoms with van der Waals surface area (Å²) in [4.78, 5) is 5.07. The van der Waals surface area contributed by atoms with Crippen molar-refractivity contribution in [3.05, 3.63) is 163 Å². The van der Waals surface area contributed by atoms with Crippen LogP contribution in [0.5, 0.6) is 0 Å². The van der Waals surface area contributed by atoms with Crippen LogP contribution in [0.3, 0.4) is 0 Å². The largest absolute Gasteiger partial charge is 0.455 e. The molecule has 1 aromatic heterocycles. The summed E-state index contributed by atoms with van der Waals surface area (Å²) in [6.45, 7) is 0.138. The first-order chi connectivity index (χ1) is 25.8. The van der Waals surface area contributed by atoms with Gasteiger partial charge in [-0.3, -0.25) is 0 Å². The van der Waals surface area contributed by atoms with Gasteiger partial charge in [-0.15, -0.1) is 0 Å². The molecule has 0 spiro atoms. The Morgan fingerprint density at radius 1 is 0.500 bits per heavy atom. The third-order valence-corrected chi connectivity index (χ3v) is 11.8. The maximum Gasteiger partial charge on any atom is 0.252 e. The van der Waals surface area contributed by atoms with Crippen LogP contribution in [-0.2, 0) is 0 Å². The number of para-hydroxylation sites is 5. The Hall–Kier alpha value is -6.00. The molecule has 1 aliphatic carbocycles. The Kier molecular flexibility index (Phi) is 6.73. The van der Waals surface area contributed by atoms with Gasteiger partial charge < -0.3 is 14.2 Å². The quantitative estimate of drug-likeness (QED) is 0.174. The summed E-state index contributed by atoms with van der Waals surface area (Å²) in [6, 6.07) is 58.2. The second-order valence-electron chi connectivity index (χ2n) is 14.7. The molecule has 248 valence electrons. The first-order valence-corrected chi connectivity index (χ1v) is 18.8. The van der Waals surface area contributed by atoms with Crippen LogP contribution in [0.1, 0.15) is 43.6 Å². The van der Waals surface area contributed by atoms with Gasteiger partial charge in [0.15, 0.2) is 0 Å². The zero-order chi connectivity index (χ0) is 34.2. The van der Waals surface area contributed by atoms with E-state index in [-0.39, 0.29) is 6.71 Å². The van der Waals surface area contributed by atoms with E-state index in [1.165, 1.54) is 88.2 Å². The lowest BCUT2D eigenvalue weighted by molar-refractivity contribution is 0.444. The number of hydrogen-bond donors (Lipinski definition) is 0. The van der Waals surface area contributed by atoms with Crippen molar-refractivity contribution in [1.82, 2.24) is 0 Å². The molecule has 3 aliphatic rings. The van der Waals surface area contributed by atoms with E-state index in [1.807, 2.05) is 6.07 Å². The summed E-state index contributed by atoms with van der Waals surface area (Å²) in [5, 5.41) is 2.31. The Morgan fingerprint density at radius 2 is 1.10 bits per heavy atom. The number of benzene rings is 7. The zero-order valence-corrected chi connectivity index (χ0v) is 29.0. The van der Waals surface area contributed by atoms with E-state index in [0.29, 0.717) is 5.92 Å². The minimum absolute atomic E-state index is 0.138. The summed E-state index contributed by atoms with van der Waals surface area (Å²) in [7, 11) is 0. The molecule has 3 nitrogen and oxygen atoms in total. The molecule has 1 saturated carbocycles. The van der Waals surface area contributed by atoms with Crippen LogP contribution in [0, 0.1) is 0 Å². The molecule has 0 radical (unpaired) electrons. The highest BCUT2D eigenvalue weighted by Gasteiger charge is 2.43. The van der Waals surface area contributed by atoms with Crippen molar-refractivity contribution in [2.75, 3.05) is 9.80 Å². The molecular weight excluding hydrogens is 631 g/mol. The van der Waals surface area contributed by atoms with E-state index in [9.17, 15) is 0 Å². The third kappa shape index (κ3) is 4.47. The van der Waals surface area contributed by atoms with Crippen LogP contribution in [0.2, 0.25) is 0 Å². The van der Waals surface area contributed by atoms with E-state index in [1.54, 1.807) is 0 Å². The van der Waals surface area contributed by atoms with Crippen LogP contribution in [0.25, 0.3) is 33.1 Å². The first-order valence-electron chi connectivity index (χ1n) is 18.8. The molecule has 0 N–H and O–H groups in total. The van der Waals surface area contributed by atoms with Crippen molar-refractivity contribution < 1.29 is 4.42 Å². The third-order valence-electron chi connectivity index (χ3n) is 11.8. The zero-order valence-electron chi connectivity index (χ0n) is 29.0. The molecule has 0 amide bonds. The van der Waals surface area contributed by atoms with Crippen molar-refractivity contribution in [3.63, 3.8) is 0 Å². The number of fused-ring (bicyclic) bond motifs is 7. The maximum absolute atomic E-state index is 6.45. The average molecular weight is 669 g/mol. The fraction of sp³-hybridized carbons (Fsp3) is 0.125. The number of hydrogen-bond acceptors (Lipinski definition) is 3. The Labute approximate surface area is 304 Å². The summed E-state index contributed by atoms with van der Waals surface area (Å²) < 4.78 is 6.45. The number of nitrogens with zero attached hydrogens (tertiary/aromatic N) is 2. The summed E-state index contributed by atoms with van der Waals surface area (Å²) >= 11 is 0. The summed E-state index contributed by atoms with van der Waals surface area (Å²) in [6.07, 6.45) is 6.45. The van der Waals surface area contributed by atoms with Gasteiger partial charge in [0.1, 0.15) is 11.2 Å². The molecular formula is C48H37BN2O. The fourth-order valence-electron chi connectivity index (χ4n) is 9.49. The van der Waals surface area contributed by atoms with Crippen LogP contribution >= 0.6 is 0 Å². The molecule has 2 aliphatic heterocycles. The van der Waals surface area contributed by atoms with E-state index in [0.717, 1.165) is 33.1 Å². The molecule has 0 saturated heterocycles. The molecule has 0 atom stereocenters. The predicted octanol–water partition coefficient (Wildman–Crippen LogP) is 11.4. The normalized spacial score (nSPS) is 15.1. The molecule has 0 bridgehead atoms.